The van der Waals surface area contributed by atoms with Crippen molar-refractivity contribution in [2.45, 2.75) is 19.4 Å². The summed E-state index contributed by atoms with van der Waals surface area (Å²) >= 11 is 0. The standard InChI is InChI=1S/C13H25N3O4S/c1-11(9-16-3-5-20-6-4-16)15-13(17)14-8-12-2-7-21(18,19)10-12/h11-12H,2-10H2,1H3,(H2,14,15,17)/t11-,12-/m1/s1. The molecule has 2 N–H and O–H groups in total. The largest absolute Gasteiger partial charge is 0.379 e. The lowest BCUT2D eigenvalue weighted by Gasteiger charge is -2.29. The van der Waals surface area contributed by atoms with E-state index in [4.69, 9.17) is 4.74 Å². The van der Waals surface area contributed by atoms with Crippen molar-refractivity contribution < 1.29 is 17.9 Å². The fourth-order valence-corrected chi connectivity index (χ4v) is 4.62. The average Bonchev–Trinajstić information content (AvgIpc) is 2.77. The number of nitrogens with zero attached hydrogens (tertiary/aromatic N) is 1. The maximum atomic E-state index is 11.8. The molecule has 2 saturated heterocycles. The fraction of sp³-hybridized carbons (Fsp3) is 0.923. The van der Waals surface area contributed by atoms with Gasteiger partial charge in [0.2, 0.25) is 0 Å². The SMILES string of the molecule is C[C@H](CN1CCOCC1)NC(=O)NC[C@H]1CCS(=O)(=O)C1. The molecule has 0 radical (unpaired) electrons. The number of hydrogen-bond donors (Lipinski definition) is 2. The molecular weight excluding hydrogens is 294 g/mol. The van der Waals surface area contributed by atoms with Gasteiger partial charge in [-0.3, -0.25) is 4.90 Å². The van der Waals surface area contributed by atoms with E-state index >= 15 is 0 Å². The first-order chi connectivity index (χ1) is 9.94. The van der Waals surface area contributed by atoms with E-state index in [-0.39, 0.29) is 29.5 Å². The van der Waals surface area contributed by atoms with Gasteiger partial charge in [0.15, 0.2) is 9.84 Å². The van der Waals surface area contributed by atoms with E-state index in [0.29, 0.717) is 13.0 Å². The molecular formula is C13H25N3O4S. The highest BCUT2D eigenvalue weighted by molar-refractivity contribution is 7.91. The van der Waals surface area contributed by atoms with E-state index < -0.39 is 9.84 Å². The lowest BCUT2D eigenvalue weighted by Crippen LogP contribution is -2.49. The van der Waals surface area contributed by atoms with E-state index in [9.17, 15) is 13.2 Å². The number of amides is 2. The Kier molecular flexibility index (Phi) is 5.83. The number of rotatable bonds is 5. The molecule has 122 valence electrons. The second-order valence-electron chi connectivity index (χ2n) is 5.94. The lowest BCUT2D eigenvalue weighted by molar-refractivity contribution is 0.0349. The molecule has 8 heteroatoms. The van der Waals surface area contributed by atoms with Crippen LogP contribution in [-0.2, 0) is 14.6 Å². The van der Waals surface area contributed by atoms with Crippen LogP contribution in [0.2, 0.25) is 0 Å². The molecule has 21 heavy (non-hydrogen) atoms. The number of nitrogens with one attached hydrogen (secondary N) is 2. The van der Waals surface area contributed by atoms with Gasteiger partial charge in [-0.1, -0.05) is 0 Å². The molecule has 2 aliphatic heterocycles. The van der Waals surface area contributed by atoms with Crippen LogP contribution in [0, 0.1) is 5.92 Å². The second-order valence-corrected chi connectivity index (χ2v) is 8.17. The van der Waals surface area contributed by atoms with Crippen LogP contribution < -0.4 is 10.6 Å². The zero-order valence-electron chi connectivity index (χ0n) is 12.5. The molecule has 2 atom stereocenters. The first-order valence-electron chi connectivity index (χ1n) is 7.49. The zero-order valence-corrected chi connectivity index (χ0v) is 13.3. The summed E-state index contributed by atoms with van der Waals surface area (Å²) in [4.78, 5) is 14.1. The second kappa shape index (κ2) is 7.42. The van der Waals surface area contributed by atoms with Crippen LogP contribution >= 0.6 is 0 Å². The third-order valence-corrected chi connectivity index (χ3v) is 5.73. The molecule has 2 rings (SSSR count). The Morgan fingerprint density at radius 3 is 2.71 bits per heavy atom. The third kappa shape index (κ3) is 5.80. The van der Waals surface area contributed by atoms with Gasteiger partial charge >= 0.3 is 6.03 Å². The molecule has 0 aromatic heterocycles. The maximum absolute atomic E-state index is 11.8. The molecule has 0 aliphatic carbocycles. The van der Waals surface area contributed by atoms with Crippen molar-refractivity contribution in [3.8, 4) is 0 Å². The number of carbonyl (C=O) groups excluding carboxylic acids is 1. The minimum absolute atomic E-state index is 0.0512. The molecule has 0 bridgehead atoms. The van der Waals surface area contributed by atoms with Crippen LogP contribution in [0.3, 0.4) is 0 Å². The predicted molar refractivity (Wildman–Crippen MR) is 80.0 cm³/mol. The van der Waals surface area contributed by atoms with Crippen LogP contribution in [0.15, 0.2) is 0 Å². The van der Waals surface area contributed by atoms with Gasteiger partial charge in [-0.05, 0) is 19.3 Å². The Morgan fingerprint density at radius 2 is 2.10 bits per heavy atom. The highest BCUT2D eigenvalue weighted by Crippen LogP contribution is 2.17. The molecule has 2 heterocycles. The van der Waals surface area contributed by atoms with Crippen LogP contribution in [0.5, 0.6) is 0 Å². The molecule has 0 spiro atoms. The summed E-state index contributed by atoms with van der Waals surface area (Å²) in [5.74, 6) is 0.487. The van der Waals surface area contributed by atoms with Gasteiger partial charge < -0.3 is 15.4 Å². The normalized spacial score (nSPS) is 27.2. The maximum Gasteiger partial charge on any atom is 0.315 e. The lowest BCUT2D eigenvalue weighted by atomic mass is 10.1. The van der Waals surface area contributed by atoms with Gasteiger partial charge in [-0.25, -0.2) is 13.2 Å². The number of morpholine rings is 1. The van der Waals surface area contributed by atoms with Crippen LogP contribution in [0.25, 0.3) is 0 Å². The molecule has 0 unspecified atom stereocenters. The van der Waals surface area contributed by atoms with Crippen molar-refractivity contribution in [1.82, 2.24) is 15.5 Å². The minimum Gasteiger partial charge on any atom is -0.379 e. The molecule has 0 aromatic carbocycles. The van der Waals surface area contributed by atoms with E-state index in [2.05, 4.69) is 15.5 Å². The molecule has 7 nitrogen and oxygen atoms in total. The molecule has 2 aliphatic rings. The Balaban J connectivity index is 1.62. The number of ether oxygens (including phenoxy) is 1. The summed E-state index contributed by atoms with van der Waals surface area (Å²) in [6, 6.07) is -0.171. The number of sulfone groups is 1. The van der Waals surface area contributed by atoms with Crippen molar-refractivity contribution in [1.29, 1.82) is 0 Å². The highest BCUT2D eigenvalue weighted by atomic mass is 32.2. The first-order valence-corrected chi connectivity index (χ1v) is 9.31. The van der Waals surface area contributed by atoms with Gasteiger partial charge in [0.05, 0.1) is 24.7 Å². The molecule has 2 amide bonds. The van der Waals surface area contributed by atoms with E-state index in [1.165, 1.54) is 0 Å². The minimum atomic E-state index is -2.88. The van der Waals surface area contributed by atoms with Crippen LogP contribution in [0.1, 0.15) is 13.3 Å². The van der Waals surface area contributed by atoms with Crippen molar-refractivity contribution >= 4 is 15.9 Å². The van der Waals surface area contributed by atoms with Crippen LogP contribution in [-0.4, -0.2) is 76.3 Å². The van der Waals surface area contributed by atoms with Crippen LogP contribution in [0.4, 0.5) is 4.79 Å². The van der Waals surface area contributed by atoms with Crippen molar-refractivity contribution in [3.63, 3.8) is 0 Å². The predicted octanol–water partition coefficient (Wildman–Crippen LogP) is -0.559. The fourth-order valence-electron chi connectivity index (χ4n) is 2.76. The Hall–Kier alpha value is -0.860. The quantitative estimate of drug-likeness (QED) is 0.709. The molecule has 0 aromatic rings. The van der Waals surface area contributed by atoms with E-state index in [1.807, 2.05) is 6.92 Å². The smallest absolute Gasteiger partial charge is 0.315 e. The molecule has 2 fully saturated rings. The van der Waals surface area contributed by atoms with Gasteiger partial charge in [0.25, 0.3) is 0 Å². The summed E-state index contributed by atoms with van der Waals surface area (Å²) in [7, 11) is -2.88. The monoisotopic (exact) mass is 319 g/mol. The Labute approximate surface area is 126 Å². The number of hydrogen-bond acceptors (Lipinski definition) is 5. The Morgan fingerprint density at radius 1 is 1.38 bits per heavy atom. The van der Waals surface area contributed by atoms with Crippen molar-refractivity contribution in [3.05, 3.63) is 0 Å². The van der Waals surface area contributed by atoms with Crippen molar-refractivity contribution in [2.75, 3.05) is 50.9 Å². The first kappa shape index (κ1) is 16.5. The summed E-state index contributed by atoms with van der Waals surface area (Å²) < 4.78 is 28.0. The average molecular weight is 319 g/mol. The van der Waals surface area contributed by atoms with Gasteiger partial charge in [0, 0.05) is 32.2 Å². The Bertz CT molecular complexity index is 448. The zero-order chi connectivity index (χ0) is 15.3. The summed E-state index contributed by atoms with van der Waals surface area (Å²) in [6.07, 6.45) is 0.645. The van der Waals surface area contributed by atoms with Crippen molar-refractivity contribution in [2.24, 2.45) is 5.92 Å². The number of carbonyl (C=O) groups is 1. The van der Waals surface area contributed by atoms with Gasteiger partial charge in [0.1, 0.15) is 0 Å². The topological polar surface area (TPSA) is 87.7 Å². The van der Waals surface area contributed by atoms with Gasteiger partial charge in [-0.15, -0.1) is 0 Å². The summed E-state index contributed by atoms with van der Waals surface area (Å²) in [5.41, 5.74) is 0. The van der Waals surface area contributed by atoms with Gasteiger partial charge in [-0.2, -0.15) is 0 Å². The summed E-state index contributed by atoms with van der Waals surface area (Å²) in [6.45, 7) is 6.48. The van der Waals surface area contributed by atoms with E-state index in [1.54, 1.807) is 0 Å². The molecule has 0 saturated carbocycles. The highest BCUT2D eigenvalue weighted by Gasteiger charge is 2.28. The summed E-state index contributed by atoms with van der Waals surface area (Å²) in [5, 5.41) is 5.66. The third-order valence-electron chi connectivity index (χ3n) is 3.89. The van der Waals surface area contributed by atoms with E-state index in [0.717, 1.165) is 32.8 Å². The number of urea groups is 1.